The molecule has 0 unspecified atom stereocenters. The summed E-state index contributed by atoms with van der Waals surface area (Å²) in [7, 11) is 1.37. The minimum Gasteiger partial charge on any atom is -0.451 e. The molecule has 15 nitrogen and oxygen atoms in total. The van der Waals surface area contributed by atoms with E-state index in [0.717, 1.165) is 21.5 Å². The molecule has 0 bridgehead atoms. The van der Waals surface area contributed by atoms with Crippen LogP contribution in [0.4, 0.5) is 11.6 Å². The van der Waals surface area contributed by atoms with E-state index in [-0.39, 0.29) is 17.2 Å². The molecule has 1 saturated heterocycles. The van der Waals surface area contributed by atoms with Crippen LogP contribution < -0.4 is 11.4 Å². The minimum absolute atomic E-state index is 0.0818. The molecule has 5 N–H and O–H groups in total. The molecular formula is C15H18N6O9. The van der Waals surface area contributed by atoms with Crippen LogP contribution in [0.25, 0.3) is 0 Å². The predicted octanol–water partition coefficient (Wildman–Crippen LogP) is -2.56. The van der Waals surface area contributed by atoms with E-state index in [9.17, 15) is 29.9 Å². The van der Waals surface area contributed by atoms with E-state index in [1.165, 1.54) is 7.05 Å². The molecule has 0 aromatic carbocycles. The highest BCUT2D eigenvalue weighted by atomic mass is 16.6. The molecule has 0 saturated carbocycles. The fraction of sp³-hybridized carbons (Fsp3) is 0.467. The molecule has 2 aromatic rings. The standard InChI is InChI=1S/C15H18N6O9/c1-19-8(17-2-9(19)21(27)28)5-29-14(25)6-3-20(15(26)18-12(6)16)13-11(24)10(23)7(4-22)30-13/h2-3,7,10-11,13,22-24H,4-5H2,1H3,(H2,16,18,26)/t7-,10-,11+,13-/m1/s1. The Hall–Kier alpha value is -3.40. The Morgan fingerprint density at radius 1 is 1.43 bits per heavy atom. The molecule has 1 aliphatic heterocycles. The fourth-order valence-corrected chi connectivity index (χ4v) is 2.88. The number of aliphatic hydroxyl groups is 3. The summed E-state index contributed by atoms with van der Waals surface area (Å²) in [5.74, 6) is -1.71. The second-order valence-corrected chi connectivity index (χ2v) is 6.38. The van der Waals surface area contributed by atoms with Crippen LogP contribution in [0, 0.1) is 10.1 Å². The Morgan fingerprint density at radius 2 is 2.13 bits per heavy atom. The molecule has 3 rings (SSSR count). The minimum atomic E-state index is -1.58. The molecule has 0 amide bonds. The molecule has 4 atom stereocenters. The number of aromatic nitrogens is 4. The van der Waals surface area contributed by atoms with Gasteiger partial charge < -0.3 is 40.6 Å². The molecule has 0 aliphatic carbocycles. The van der Waals surface area contributed by atoms with Crippen molar-refractivity contribution in [1.29, 1.82) is 0 Å². The lowest BCUT2D eigenvalue weighted by Crippen LogP contribution is -2.36. The first-order chi connectivity index (χ1) is 14.1. The number of carbonyl (C=O) groups is 1. The van der Waals surface area contributed by atoms with Crippen LogP contribution in [-0.4, -0.2) is 70.2 Å². The number of rotatable bonds is 6. The van der Waals surface area contributed by atoms with Crippen LogP contribution in [-0.2, 0) is 23.1 Å². The van der Waals surface area contributed by atoms with Crippen LogP contribution in [0.1, 0.15) is 22.4 Å². The van der Waals surface area contributed by atoms with Crippen molar-refractivity contribution in [1.82, 2.24) is 19.1 Å². The highest BCUT2D eigenvalue weighted by Gasteiger charge is 2.44. The number of nitrogens with zero attached hydrogens (tertiary/aromatic N) is 5. The van der Waals surface area contributed by atoms with E-state index in [1.54, 1.807) is 0 Å². The third-order valence-electron chi connectivity index (χ3n) is 4.57. The average molecular weight is 426 g/mol. The van der Waals surface area contributed by atoms with Crippen molar-refractivity contribution in [2.75, 3.05) is 12.3 Å². The molecule has 3 heterocycles. The SMILES string of the molecule is Cn1c([N+](=O)[O-])cnc1COC(=O)c1cn([C@@H]2O[C@H](CO)[C@@H](O)[C@@H]2O)c(=O)nc1N. The number of hydrogen-bond donors (Lipinski definition) is 4. The Kier molecular flexibility index (Phi) is 5.79. The second kappa shape index (κ2) is 8.15. The first-order valence-electron chi connectivity index (χ1n) is 8.49. The molecular weight excluding hydrogens is 408 g/mol. The number of esters is 1. The lowest BCUT2D eigenvalue weighted by molar-refractivity contribution is -0.391. The Labute approximate surface area is 167 Å². The average Bonchev–Trinajstić information content (AvgIpc) is 3.20. The van der Waals surface area contributed by atoms with Gasteiger partial charge in [-0.1, -0.05) is 0 Å². The molecule has 162 valence electrons. The summed E-state index contributed by atoms with van der Waals surface area (Å²) in [6, 6.07) is 0. The monoisotopic (exact) mass is 426 g/mol. The van der Waals surface area contributed by atoms with Gasteiger partial charge in [-0.2, -0.15) is 4.98 Å². The third-order valence-corrected chi connectivity index (χ3v) is 4.57. The van der Waals surface area contributed by atoms with Gasteiger partial charge in [0.2, 0.25) is 5.82 Å². The van der Waals surface area contributed by atoms with Gasteiger partial charge in [-0.3, -0.25) is 4.57 Å². The Balaban J connectivity index is 1.83. The van der Waals surface area contributed by atoms with Gasteiger partial charge in [0.25, 0.3) is 0 Å². The van der Waals surface area contributed by atoms with E-state index in [2.05, 4.69) is 9.97 Å². The Bertz CT molecular complexity index is 1030. The van der Waals surface area contributed by atoms with E-state index >= 15 is 0 Å². The van der Waals surface area contributed by atoms with Crippen molar-refractivity contribution in [2.45, 2.75) is 31.1 Å². The summed E-state index contributed by atoms with van der Waals surface area (Å²) in [5, 5.41) is 39.9. The number of nitrogens with two attached hydrogens (primary N) is 1. The van der Waals surface area contributed by atoms with E-state index < -0.39 is 60.2 Å². The highest BCUT2D eigenvalue weighted by Crippen LogP contribution is 2.28. The number of ether oxygens (including phenoxy) is 2. The highest BCUT2D eigenvalue weighted by molar-refractivity contribution is 5.93. The maximum atomic E-state index is 12.4. The number of anilines is 1. The first-order valence-corrected chi connectivity index (χ1v) is 8.49. The topological polar surface area (TPSA) is 218 Å². The van der Waals surface area contributed by atoms with Crippen molar-refractivity contribution in [3.63, 3.8) is 0 Å². The number of hydrogen-bond acceptors (Lipinski definition) is 12. The van der Waals surface area contributed by atoms with Gasteiger partial charge >= 0.3 is 17.5 Å². The van der Waals surface area contributed by atoms with E-state index in [4.69, 9.17) is 20.3 Å². The van der Waals surface area contributed by atoms with Crippen molar-refractivity contribution in [3.8, 4) is 0 Å². The number of nitro groups is 1. The van der Waals surface area contributed by atoms with Gasteiger partial charge in [0, 0.05) is 6.20 Å². The Morgan fingerprint density at radius 3 is 2.70 bits per heavy atom. The summed E-state index contributed by atoms with van der Waals surface area (Å²) in [5.41, 5.74) is 4.30. The van der Waals surface area contributed by atoms with Crippen LogP contribution in [0.15, 0.2) is 17.2 Å². The molecule has 1 aliphatic rings. The first kappa shape index (κ1) is 21.3. The van der Waals surface area contributed by atoms with Crippen molar-refractivity contribution >= 4 is 17.6 Å². The number of imidazole rings is 1. The predicted molar refractivity (Wildman–Crippen MR) is 94.9 cm³/mol. The zero-order chi connectivity index (χ0) is 22.2. The van der Waals surface area contributed by atoms with Crippen LogP contribution in [0.2, 0.25) is 0 Å². The van der Waals surface area contributed by atoms with E-state index in [1.807, 2.05) is 0 Å². The molecule has 2 aromatic heterocycles. The van der Waals surface area contributed by atoms with Gasteiger partial charge in [0.05, 0.1) is 13.7 Å². The van der Waals surface area contributed by atoms with E-state index in [0.29, 0.717) is 0 Å². The maximum absolute atomic E-state index is 12.4. The third kappa shape index (κ3) is 3.73. The van der Waals surface area contributed by atoms with Gasteiger partial charge in [-0.25, -0.2) is 19.1 Å². The van der Waals surface area contributed by atoms with Gasteiger partial charge in [-0.15, -0.1) is 0 Å². The molecule has 1 fully saturated rings. The summed E-state index contributed by atoms with van der Waals surface area (Å²) in [6.45, 7) is -1.05. The summed E-state index contributed by atoms with van der Waals surface area (Å²) in [4.78, 5) is 42.0. The smallest absolute Gasteiger partial charge is 0.351 e. The van der Waals surface area contributed by atoms with Crippen molar-refractivity contribution in [3.05, 3.63) is 44.4 Å². The molecule has 0 spiro atoms. The summed E-state index contributed by atoms with van der Waals surface area (Å²) >= 11 is 0. The number of aliphatic hydroxyl groups excluding tert-OH is 3. The molecule has 15 heteroatoms. The summed E-state index contributed by atoms with van der Waals surface area (Å²) in [6.07, 6.45) is -3.69. The zero-order valence-corrected chi connectivity index (χ0v) is 15.5. The number of carbonyl (C=O) groups excluding carboxylic acids is 1. The van der Waals surface area contributed by atoms with Crippen LogP contribution >= 0.6 is 0 Å². The lowest BCUT2D eigenvalue weighted by atomic mass is 10.1. The van der Waals surface area contributed by atoms with Crippen LogP contribution in [0.5, 0.6) is 0 Å². The van der Waals surface area contributed by atoms with Gasteiger partial charge in [0.15, 0.2) is 12.8 Å². The second-order valence-electron chi connectivity index (χ2n) is 6.38. The quantitative estimate of drug-likeness (QED) is 0.213. The lowest BCUT2D eigenvalue weighted by Gasteiger charge is -2.18. The van der Waals surface area contributed by atoms with Crippen molar-refractivity contribution in [2.24, 2.45) is 7.05 Å². The number of nitrogen functional groups attached to an aromatic ring is 1. The normalized spacial score (nSPS) is 23.5. The summed E-state index contributed by atoms with van der Waals surface area (Å²) < 4.78 is 12.2. The maximum Gasteiger partial charge on any atom is 0.351 e. The fourth-order valence-electron chi connectivity index (χ4n) is 2.88. The molecule has 30 heavy (non-hydrogen) atoms. The van der Waals surface area contributed by atoms with Crippen molar-refractivity contribution < 1.29 is 34.5 Å². The zero-order valence-electron chi connectivity index (χ0n) is 15.5. The largest absolute Gasteiger partial charge is 0.451 e. The van der Waals surface area contributed by atoms with Crippen LogP contribution in [0.3, 0.4) is 0 Å². The van der Waals surface area contributed by atoms with Gasteiger partial charge in [0.1, 0.15) is 35.9 Å². The van der Waals surface area contributed by atoms with Gasteiger partial charge in [-0.05, 0) is 4.92 Å². The molecule has 0 radical (unpaired) electrons.